The van der Waals surface area contributed by atoms with Gasteiger partial charge in [0.2, 0.25) is 0 Å². The molecule has 0 saturated heterocycles. The molecule has 0 unspecified atom stereocenters. The van der Waals surface area contributed by atoms with Gasteiger partial charge in [-0.2, -0.15) is 0 Å². The fraction of sp³-hybridized carbons (Fsp3) is 0.333. The highest BCUT2D eigenvalue weighted by Crippen LogP contribution is 2.37. The molecule has 6 heteroatoms. The molecule has 0 spiro atoms. The lowest BCUT2D eigenvalue weighted by Crippen LogP contribution is -2.23. The highest BCUT2D eigenvalue weighted by molar-refractivity contribution is 9.10. The average molecular weight is 398 g/mol. The number of methoxy groups -OCH3 is 1. The summed E-state index contributed by atoms with van der Waals surface area (Å²) in [6.45, 7) is 2.93. The second kappa shape index (κ2) is 9.01. The molecule has 130 valence electrons. The predicted molar refractivity (Wildman–Crippen MR) is 94.8 cm³/mol. The molecule has 0 heterocycles. The first-order chi connectivity index (χ1) is 11.5. The molecule has 2 aromatic carbocycles. The van der Waals surface area contributed by atoms with Gasteiger partial charge in [0.25, 0.3) is 0 Å². The smallest absolute Gasteiger partial charge is 0.175 e. The molecular weight excluding hydrogens is 377 g/mol. The predicted octanol–water partition coefficient (Wildman–Crippen LogP) is 3.65. The van der Waals surface area contributed by atoms with E-state index in [0.717, 1.165) is 10.0 Å². The summed E-state index contributed by atoms with van der Waals surface area (Å²) in [5, 5.41) is 12.4. The zero-order valence-electron chi connectivity index (χ0n) is 13.7. The van der Waals surface area contributed by atoms with Crippen molar-refractivity contribution in [1.82, 2.24) is 5.32 Å². The molecule has 2 rings (SSSR count). The standard InChI is InChI=1S/C18H21BrFNO3/c1-12(22)9-21-10-13-7-15(19)18(17(8-13)23-2)24-11-14-5-3-4-6-16(14)20/h3-8,12,21-22H,9-11H2,1-2H3/t12-/m1/s1. The van der Waals surface area contributed by atoms with E-state index < -0.39 is 6.10 Å². The van der Waals surface area contributed by atoms with E-state index in [9.17, 15) is 9.50 Å². The quantitative estimate of drug-likeness (QED) is 0.713. The lowest BCUT2D eigenvalue weighted by molar-refractivity contribution is 0.191. The fourth-order valence-corrected chi connectivity index (χ4v) is 2.81. The third kappa shape index (κ3) is 5.19. The summed E-state index contributed by atoms with van der Waals surface area (Å²) in [5.41, 5.74) is 1.46. The first kappa shape index (κ1) is 18.7. The highest BCUT2D eigenvalue weighted by Gasteiger charge is 2.13. The molecule has 4 nitrogen and oxygen atoms in total. The number of halogens is 2. The Morgan fingerprint density at radius 1 is 1.29 bits per heavy atom. The number of nitrogens with one attached hydrogen (secondary N) is 1. The Morgan fingerprint density at radius 3 is 2.71 bits per heavy atom. The summed E-state index contributed by atoms with van der Waals surface area (Å²) >= 11 is 3.48. The summed E-state index contributed by atoms with van der Waals surface area (Å²) in [6.07, 6.45) is -0.404. The molecule has 0 aliphatic rings. The molecule has 24 heavy (non-hydrogen) atoms. The number of ether oxygens (including phenoxy) is 2. The van der Waals surface area contributed by atoms with Crippen LogP contribution in [0.5, 0.6) is 11.5 Å². The number of hydrogen-bond donors (Lipinski definition) is 2. The van der Waals surface area contributed by atoms with Gasteiger partial charge in [0.15, 0.2) is 11.5 Å². The summed E-state index contributed by atoms with van der Waals surface area (Å²) < 4.78 is 25.6. The van der Waals surface area contributed by atoms with Gasteiger partial charge in [-0.1, -0.05) is 18.2 Å². The number of benzene rings is 2. The molecule has 2 aromatic rings. The van der Waals surface area contributed by atoms with Gasteiger partial charge in [-0.3, -0.25) is 0 Å². The normalized spacial score (nSPS) is 12.0. The van der Waals surface area contributed by atoms with Gasteiger partial charge in [0.1, 0.15) is 12.4 Å². The zero-order valence-corrected chi connectivity index (χ0v) is 15.3. The molecule has 0 aliphatic heterocycles. The maximum absolute atomic E-state index is 13.7. The van der Waals surface area contributed by atoms with E-state index in [1.165, 1.54) is 6.07 Å². The van der Waals surface area contributed by atoms with Crippen LogP contribution in [0.25, 0.3) is 0 Å². The topological polar surface area (TPSA) is 50.7 Å². The van der Waals surface area contributed by atoms with Crippen molar-refractivity contribution in [2.24, 2.45) is 0 Å². The zero-order chi connectivity index (χ0) is 17.5. The SMILES string of the molecule is COc1cc(CNC[C@@H](C)O)cc(Br)c1OCc1ccccc1F. The van der Waals surface area contributed by atoms with Crippen molar-refractivity contribution >= 4 is 15.9 Å². The second-order valence-electron chi connectivity index (χ2n) is 5.47. The summed E-state index contributed by atoms with van der Waals surface area (Å²) in [7, 11) is 1.56. The fourth-order valence-electron chi connectivity index (χ4n) is 2.21. The minimum absolute atomic E-state index is 0.112. The van der Waals surface area contributed by atoms with Crippen molar-refractivity contribution in [2.45, 2.75) is 26.2 Å². The first-order valence-corrected chi connectivity index (χ1v) is 8.42. The van der Waals surface area contributed by atoms with E-state index >= 15 is 0 Å². The summed E-state index contributed by atoms with van der Waals surface area (Å²) in [6, 6.07) is 10.3. The Morgan fingerprint density at radius 2 is 2.04 bits per heavy atom. The van der Waals surface area contributed by atoms with Crippen LogP contribution in [0.3, 0.4) is 0 Å². The van der Waals surface area contributed by atoms with Crippen LogP contribution in [0.4, 0.5) is 4.39 Å². The van der Waals surface area contributed by atoms with Crippen LogP contribution in [0.15, 0.2) is 40.9 Å². The van der Waals surface area contributed by atoms with Gasteiger partial charge in [-0.25, -0.2) is 4.39 Å². The van der Waals surface area contributed by atoms with E-state index in [1.54, 1.807) is 32.2 Å². The molecule has 0 aliphatic carbocycles. The van der Waals surface area contributed by atoms with Crippen molar-refractivity contribution in [2.75, 3.05) is 13.7 Å². The van der Waals surface area contributed by atoms with Crippen molar-refractivity contribution in [3.05, 3.63) is 57.8 Å². The van der Waals surface area contributed by atoms with Crippen LogP contribution >= 0.6 is 15.9 Å². The minimum atomic E-state index is -0.404. The van der Waals surface area contributed by atoms with Crippen LogP contribution in [-0.2, 0) is 13.2 Å². The lowest BCUT2D eigenvalue weighted by Gasteiger charge is -2.15. The largest absolute Gasteiger partial charge is 0.493 e. The molecule has 0 radical (unpaired) electrons. The third-order valence-electron chi connectivity index (χ3n) is 3.39. The van der Waals surface area contributed by atoms with E-state index in [2.05, 4.69) is 21.2 Å². The van der Waals surface area contributed by atoms with Gasteiger partial charge in [-0.05, 0) is 46.6 Å². The Balaban J connectivity index is 2.10. The van der Waals surface area contributed by atoms with Gasteiger partial charge in [0.05, 0.1) is 17.7 Å². The van der Waals surface area contributed by atoms with Gasteiger partial charge in [-0.15, -0.1) is 0 Å². The van der Waals surface area contributed by atoms with Gasteiger partial charge in [0, 0.05) is 18.7 Å². The van der Waals surface area contributed by atoms with Crippen LogP contribution in [0.1, 0.15) is 18.1 Å². The molecule has 0 amide bonds. The summed E-state index contributed by atoms with van der Waals surface area (Å²) in [4.78, 5) is 0. The molecule has 1 atom stereocenters. The van der Waals surface area contributed by atoms with E-state index in [4.69, 9.17) is 9.47 Å². The van der Waals surface area contributed by atoms with Crippen molar-refractivity contribution in [3.8, 4) is 11.5 Å². The highest BCUT2D eigenvalue weighted by atomic mass is 79.9. The molecule has 0 bridgehead atoms. The maximum atomic E-state index is 13.7. The molecule has 0 fully saturated rings. The Bertz CT molecular complexity index is 679. The van der Waals surface area contributed by atoms with Crippen molar-refractivity contribution in [1.29, 1.82) is 0 Å². The van der Waals surface area contributed by atoms with Crippen LogP contribution in [0.2, 0.25) is 0 Å². The number of rotatable bonds is 8. The minimum Gasteiger partial charge on any atom is -0.493 e. The number of aliphatic hydroxyl groups is 1. The average Bonchev–Trinajstić information content (AvgIpc) is 2.54. The van der Waals surface area contributed by atoms with Crippen molar-refractivity contribution in [3.63, 3.8) is 0 Å². The third-order valence-corrected chi connectivity index (χ3v) is 3.98. The monoisotopic (exact) mass is 397 g/mol. The second-order valence-corrected chi connectivity index (χ2v) is 6.32. The molecule has 0 aromatic heterocycles. The summed E-state index contributed by atoms with van der Waals surface area (Å²) in [5.74, 6) is 0.793. The number of aliphatic hydroxyl groups excluding tert-OH is 1. The van der Waals surface area contributed by atoms with Crippen LogP contribution < -0.4 is 14.8 Å². The van der Waals surface area contributed by atoms with E-state index in [0.29, 0.717) is 30.2 Å². The van der Waals surface area contributed by atoms with E-state index in [1.807, 2.05) is 12.1 Å². The van der Waals surface area contributed by atoms with Gasteiger partial charge >= 0.3 is 0 Å². The lowest BCUT2D eigenvalue weighted by atomic mass is 10.2. The van der Waals surface area contributed by atoms with Crippen LogP contribution in [-0.4, -0.2) is 24.9 Å². The van der Waals surface area contributed by atoms with E-state index in [-0.39, 0.29) is 12.4 Å². The Kier molecular flexibility index (Phi) is 7.02. The molecule has 0 saturated carbocycles. The van der Waals surface area contributed by atoms with Crippen molar-refractivity contribution < 1.29 is 19.0 Å². The van der Waals surface area contributed by atoms with Crippen LogP contribution in [0, 0.1) is 5.82 Å². The maximum Gasteiger partial charge on any atom is 0.175 e. The first-order valence-electron chi connectivity index (χ1n) is 7.62. The molecular formula is C18H21BrFNO3. The Hall–Kier alpha value is -1.63. The Labute approximate surface area is 149 Å². The van der Waals surface area contributed by atoms with Gasteiger partial charge < -0.3 is 19.9 Å². The molecule has 2 N–H and O–H groups in total. The number of hydrogen-bond acceptors (Lipinski definition) is 4.